The fourth-order valence-electron chi connectivity index (χ4n) is 3.59. The second-order valence-corrected chi connectivity index (χ2v) is 6.66. The molecule has 2 heterocycles. The molecule has 0 aliphatic carbocycles. The number of nitro benzene ring substituents is 1. The number of carbonyl (C=O) groups is 1. The van der Waals surface area contributed by atoms with Gasteiger partial charge >= 0.3 is 0 Å². The van der Waals surface area contributed by atoms with Crippen molar-refractivity contribution in [3.8, 4) is 0 Å². The molecule has 3 rings (SSSR count). The van der Waals surface area contributed by atoms with E-state index in [1.165, 1.54) is 0 Å². The van der Waals surface area contributed by atoms with Crippen LogP contribution in [-0.4, -0.2) is 66.1 Å². The van der Waals surface area contributed by atoms with E-state index in [9.17, 15) is 14.9 Å². The van der Waals surface area contributed by atoms with Crippen molar-refractivity contribution >= 4 is 11.6 Å². The Labute approximate surface area is 147 Å². The molecular formula is C18H25N3O4. The average Bonchev–Trinajstić information content (AvgIpc) is 2.67. The van der Waals surface area contributed by atoms with E-state index in [2.05, 4.69) is 4.90 Å². The number of nitrogens with zero attached hydrogens (tertiary/aromatic N) is 3. The van der Waals surface area contributed by atoms with Gasteiger partial charge in [0.2, 0.25) is 5.91 Å². The summed E-state index contributed by atoms with van der Waals surface area (Å²) in [6.07, 6.45) is 3.92. The number of nitro groups is 1. The van der Waals surface area contributed by atoms with Crippen molar-refractivity contribution in [1.29, 1.82) is 0 Å². The second-order valence-electron chi connectivity index (χ2n) is 6.66. The molecule has 0 bridgehead atoms. The van der Waals surface area contributed by atoms with Gasteiger partial charge in [0.1, 0.15) is 0 Å². The molecule has 2 saturated heterocycles. The maximum Gasteiger partial charge on any atom is 0.269 e. The highest BCUT2D eigenvalue weighted by Crippen LogP contribution is 2.21. The van der Waals surface area contributed by atoms with Gasteiger partial charge in [-0.15, -0.1) is 0 Å². The maximum atomic E-state index is 12.8. The van der Waals surface area contributed by atoms with Crippen LogP contribution in [0.1, 0.15) is 24.8 Å². The Morgan fingerprint density at radius 2 is 1.88 bits per heavy atom. The lowest BCUT2D eigenvalue weighted by atomic mass is 9.99. The number of piperidine rings is 1. The third-order valence-corrected chi connectivity index (χ3v) is 5.06. The van der Waals surface area contributed by atoms with Crippen molar-refractivity contribution in [3.63, 3.8) is 0 Å². The fourth-order valence-corrected chi connectivity index (χ4v) is 3.59. The molecule has 0 unspecified atom stereocenters. The van der Waals surface area contributed by atoms with Crippen molar-refractivity contribution < 1.29 is 14.5 Å². The molecular weight excluding hydrogens is 322 g/mol. The smallest absolute Gasteiger partial charge is 0.269 e. The highest BCUT2D eigenvalue weighted by molar-refractivity contribution is 5.82. The Kier molecular flexibility index (Phi) is 5.99. The zero-order chi connectivity index (χ0) is 17.6. The van der Waals surface area contributed by atoms with Crippen molar-refractivity contribution in [2.75, 3.05) is 39.4 Å². The first-order chi connectivity index (χ1) is 12.1. The van der Waals surface area contributed by atoms with Crippen molar-refractivity contribution in [2.24, 2.45) is 0 Å². The van der Waals surface area contributed by atoms with E-state index < -0.39 is 0 Å². The molecule has 7 heteroatoms. The lowest BCUT2D eigenvalue weighted by Crippen LogP contribution is -2.53. The standard InChI is InChI=1S/C18H25N3O4/c22-18(20-11-13-25-14-12-20)17-3-1-2-9-19(17)10-8-15-4-6-16(7-5-15)21(23)24/h4-7,17H,1-3,8-14H2/t17-/m0/s1. The van der Waals surface area contributed by atoms with Crippen LogP contribution in [0.4, 0.5) is 5.69 Å². The first-order valence-electron chi connectivity index (χ1n) is 8.99. The molecule has 1 amide bonds. The van der Waals surface area contributed by atoms with Gasteiger partial charge in [0.05, 0.1) is 24.2 Å². The summed E-state index contributed by atoms with van der Waals surface area (Å²) in [6.45, 7) is 4.37. The third kappa shape index (κ3) is 4.55. The quantitative estimate of drug-likeness (QED) is 0.600. The molecule has 1 aromatic carbocycles. The first kappa shape index (κ1) is 17.8. The Morgan fingerprint density at radius 3 is 2.56 bits per heavy atom. The molecule has 2 aliphatic rings. The monoisotopic (exact) mass is 347 g/mol. The largest absolute Gasteiger partial charge is 0.378 e. The van der Waals surface area contributed by atoms with Crippen LogP contribution >= 0.6 is 0 Å². The fraction of sp³-hybridized carbons (Fsp3) is 0.611. The minimum absolute atomic E-state index is 0.0371. The molecule has 25 heavy (non-hydrogen) atoms. The number of likely N-dealkylation sites (tertiary alicyclic amines) is 1. The van der Waals surface area contributed by atoms with Crippen LogP contribution in [0.15, 0.2) is 24.3 Å². The number of amides is 1. The number of rotatable bonds is 5. The predicted octanol–water partition coefficient (Wildman–Crippen LogP) is 1.85. The molecule has 2 aliphatic heterocycles. The third-order valence-electron chi connectivity index (χ3n) is 5.06. The normalized spacial score (nSPS) is 21.9. The van der Waals surface area contributed by atoms with E-state index in [0.717, 1.165) is 44.3 Å². The summed E-state index contributed by atoms with van der Waals surface area (Å²) in [5, 5.41) is 10.7. The van der Waals surface area contributed by atoms with Gasteiger partial charge in [0.25, 0.3) is 5.69 Å². The number of ether oxygens (including phenoxy) is 1. The van der Waals surface area contributed by atoms with Gasteiger partial charge < -0.3 is 9.64 Å². The Hall–Kier alpha value is -1.99. The molecule has 1 aromatic rings. The van der Waals surface area contributed by atoms with Crippen LogP contribution in [0.3, 0.4) is 0 Å². The van der Waals surface area contributed by atoms with Gasteiger partial charge in [0, 0.05) is 31.8 Å². The average molecular weight is 347 g/mol. The van der Waals surface area contributed by atoms with Crippen LogP contribution in [0.5, 0.6) is 0 Å². The minimum Gasteiger partial charge on any atom is -0.378 e. The molecule has 0 spiro atoms. The van der Waals surface area contributed by atoms with Crippen LogP contribution in [0.25, 0.3) is 0 Å². The predicted molar refractivity (Wildman–Crippen MR) is 93.4 cm³/mol. The van der Waals surface area contributed by atoms with Crippen LogP contribution in [0.2, 0.25) is 0 Å². The summed E-state index contributed by atoms with van der Waals surface area (Å²) in [5.74, 6) is 0.228. The minimum atomic E-state index is -0.383. The van der Waals surface area contributed by atoms with Gasteiger partial charge in [-0.3, -0.25) is 19.8 Å². The van der Waals surface area contributed by atoms with Crippen LogP contribution in [0, 0.1) is 10.1 Å². The summed E-state index contributed by atoms with van der Waals surface area (Å²) in [5.41, 5.74) is 1.18. The summed E-state index contributed by atoms with van der Waals surface area (Å²) in [6, 6.07) is 6.66. The Bertz CT molecular complexity index is 599. The van der Waals surface area contributed by atoms with E-state index in [-0.39, 0.29) is 22.6 Å². The summed E-state index contributed by atoms with van der Waals surface area (Å²) in [4.78, 5) is 27.4. The topological polar surface area (TPSA) is 75.9 Å². The lowest BCUT2D eigenvalue weighted by Gasteiger charge is -2.38. The van der Waals surface area contributed by atoms with Gasteiger partial charge in [-0.2, -0.15) is 0 Å². The maximum absolute atomic E-state index is 12.8. The number of morpholine rings is 1. The molecule has 0 radical (unpaired) electrons. The SMILES string of the molecule is O=C([C@@H]1CCCCN1CCc1ccc([N+](=O)[O-])cc1)N1CCOCC1. The molecule has 136 valence electrons. The van der Waals surface area contributed by atoms with E-state index in [4.69, 9.17) is 4.74 Å². The zero-order valence-electron chi connectivity index (χ0n) is 14.4. The Balaban J connectivity index is 1.58. The lowest BCUT2D eigenvalue weighted by molar-refractivity contribution is -0.384. The molecule has 1 atom stereocenters. The number of hydrogen-bond donors (Lipinski definition) is 0. The Morgan fingerprint density at radius 1 is 1.16 bits per heavy atom. The van der Waals surface area contributed by atoms with E-state index in [1.54, 1.807) is 24.3 Å². The van der Waals surface area contributed by atoms with E-state index in [0.29, 0.717) is 26.3 Å². The molecule has 0 N–H and O–H groups in total. The van der Waals surface area contributed by atoms with Crippen LogP contribution < -0.4 is 0 Å². The summed E-state index contributed by atoms with van der Waals surface area (Å²) in [7, 11) is 0. The van der Waals surface area contributed by atoms with Gasteiger partial charge in [-0.1, -0.05) is 18.6 Å². The summed E-state index contributed by atoms with van der Waals surface area (Å²) >= 11 is 0. The molecule has 0 aromatic heterocycles. The second kappa shape index (κ2) is 8.40. The van der Waals surface area contributed by atoms with Crippen molar-refractivity contribution in [2.45, 2.75) is 31.7 Å². The number of non-ortho nitro benzene ring substituents is 1. The molecule has 0 saturated carbocycles. The van der Waals surface area contributed by atoms with Crippen molar-refractivity contribution in [1.82, 2.24) is 9.80 Å². The number of hydrogen-bond acceptors (Lipinski definition) is 5. The molecule has 7 nitrogen and oxygen atoms in total. The van der Waals surface area contributed by atoms with Gasteiger partial charge in [0.15, 0.2) is 0 Å². The summed E-state index contributed by atoms with van der Waals surface area (Å²) < 4.78 is 5.34. The van der Waals surface area contributed by atoms with Crippen LogP contribution in [-0.2, 0) is 16.0 Å². The first-order valence-corrected chi connectivity index (χ1v) is 8.99. The zero-order valence-corrected chi connectivity index (χ0v) is 14.4. The van der Waals surface area contributed by atoms with E-state index in [1.807, 2.05) is 4.90 Å². The molecule has 2 fully saturated rings. The number of benzene rings is 1. The number of carbonyl (C=O) groups excluding carboxylic acids is 1. The van der Waals surface area contributed by atoms with Gasteiger partial charge in [-0.05, 0) is 31.4 Å². The van der Waals surface area contributed by atoms with E-state index >= 15 is 0 Å². The van der Waals surface area contributed by atoms with Gasteiger partial charge in [-0.25, -0.2) is 0 Å². The highest BCUT2D eigenvalue weighted by Gasteiger charge is 2.32. The van der Waals surface area contributed by atoms with Crippen molar-refractivity contribution in [3.05, 3.63) is 39.9 Å². The highest BCUT2D eigenvalue weighted by atomic mass is 16.6.